The summed E-state index contributed by atoms with van der Waals surface area (Å²) in [7, 11) is 0. The van der Waals surface area contributed by atoms with Gasteiger partial charge in [-0.05, 0) is 66.8 Å². The van der Waals surface area contributed by atoms with Crippen molar-refractivity contribution in [3.8, 4) is 0 Å². The van der Waals surface area contributed by atoms with E-state index in [0.717, 1.165) is 29.7 Å². The van der Waals surface area contributed by atoms with E-state index in [1.54, 1.807) is 13.0 Å². The molecule has 0 aromatic carbocycles. The molecule has 1 aliphatic rings. The van der Waals surface area contributed by atoms with E-state index in [9.17, 15) is 9.59 Å². The molecule has 21 heavy (non-hydrogen) atoms. The van der Waals surface area contributed by atoms with Crippen LogP contribution in [0.25, 0.3) is 0 Å². The fourth-order valence-corrected chi connectivity index (χ4v) is 3.56. The zero-order chi connectivity index (χ0) is 15.2. The molecule has 1 saturated heterocycles. The molecule has 2 amide bonds. The van der Waals surface area contributed by atoms with Crippen molar-refractivity contribution in [2.24, 2.45) is 5.92 Å². The maximum atomic E-state index is 12.0. The van der Waals surface area contributed by atoms with Gasteiger partial charge in [0.2, 0.25) is 5.91 Å². The third-order valence-electron chi connectivity index (χ3n) is 3.50. The lowest BCUT2D eigenvalue weighted by atomic mass is 10.00. The van der Waals surface area contributed by atoms with E-state index in [-0.39, 0.29) is 11.8 Å². The molecule has 1 aromatic heterocycles. The van der Waals surface area contributed by atoms with Crippen LogP contribution >= 0.6 is 27.3 Å². The van der Waals surface area contributed by atoms with Crippen molar-refractivity contribution in [1.29, 1.82) is 0 Å². The number of amides is 2. The van der Waals surface area contributed by atoms with Crippen LogP contribution in [0.1, 0.15) is 29.4 Å². The summed E-state index contributed by atoms with van der Waals surface area (Å²) in [5.74, 6) is 0.135. The molecule has 2 rings (SSSR count). The molecule has 3 N–H and O–H groups in total. The minimum Gasteiger partial charge on any atom is -0.354 e. The lowest BCUT2D eigenvalue weighted by Crippen LogP contribution is -2.47. The Hall–Kier alpha value is -0.920. The summed E-state index contributed by atoms with van der Waals surface area (Å²) in [6.45, 7) is 4.38. The van der Waals surface area contributed by atoms with E-state index in [4.69, 9.17) is 0 Å². The molecule has 0 aliphatic carbocycles. The Morgan fingerprint density at radius 3 is 2.95 bits per heavy atom. The van der Waals surface area contributed by atoms with Crippen LogP contribution in [0.15, 0.2) is 15.9 Å². The fraction of sp³-hybridized carbons (Fsp3) is 0.571. The lowest BCUT2D eigenvalue weighted by molar-refractivity contribution is -0.122. The molecule has 7 heteroatoms. The number of halogens is 1. The second-order valence-electron chi connectivity index (χ2n) is 5.26. The van der Waals surface area contributed by atoms with Crippen molar-refractivity contribution in [2.75, 3.05) is 19.6 Å². The van der Waals surface area contributed by atoms with E-state index in [2.05, 4.69) is 31.9 Å². The van der Waals surface area contributed by atoms with Crippen LogP contribution in [0, 0.1) is 5.92 Å². The lowest BCUT2D eigenvalue weighted by Gasteiger charge is -2.23. The molecule has 0 saturated carbocycles. The molecule has 0 bridgehead atoms. The van der Waals surface area contributed by atoms with Gasteiger partial charge < -0.3 is 16.0 Å². The van der Waals surface area contributed by atoms with Gasteiger partial charge in [0.25, 0.3) is 5.91 Å². The van der Waals surface area contributed by atoms with Gasteiger partial charge in [-0.1, -0.05) is 0 Å². The molecule has 1 fully saturated rings. The monoisotopic (exact) mass is 373 g/mol. The van der Waals surface area contributed by atoms with Crippen LogP contribution in [0.4, 0.5) is 0 Å². The first-order chi connectivity index (χ1) is 10.1. The van der Waals surface area contributed by atoms with E-state index in [0.29, 0.717) is 17.3 Å². The van der Waals surface area contributed by atoms with E-state index in [1.165, 1.54) is 11.3 Å². The van der Waals surface area contributed by atoms with Crippen LogP contribution in [0.5, 0.6) is 0 Å². The molecule has 2 unspecified atom stereocenters. The Morgan fingerprint density at radius 1 is 1.52 bits per heavy atom. The maximum absolute atomic E-state index is 12.0. The molecular formula is C14H20BrN3O2S. The highest BCUT2D eigenvalue weighted by molar-refractivity contribution is 9.11. The number of hydrogen-bond donors (Lipinski definition) is 3. The van der Waals surface area contributed by atoms with Crippen molar-refractivity contribution in [2.45, 2.75) is 25.8 Å². The van der Waals surface area contributed by atoms with Gasteiger partial charge in [-0.25, -0.2) is 0 Å². The number of nitrogens with one attached hydrogen (secondary N) is 3. The van der Waals surface area contributed by atoms with Crippen molar-refractivity contribution in [1.82, 2.24) is 16.0 Å². The van der Waals surface area contributed by atoms with Crippen molar-refractivity contribution in [3.05, 3.63) is 20.8 Å². The predicted octanol–water partition coefficient (Wildman–Crippen LogP) is 1.74. The average molecular weight is 374 g/mol. The summed E-state index contributed by atoms with van der Waals surface area (Å²) in [5.41, 5.74) is 0. The van der Waals surface area contributed by atoms with Gasteiger partial charge in [-0.15, -0.1) is 11.3 Å². The first-order valence-electron chi connectivity index (χ1n) is 7.11. The molecule has 2 atom stereocenters. The largest absolute Gasteiger partial charge is 0.354 e. The average Bonchev–Trinajstić information content (AvgIpc) is 2.92. The van der Waals surface area contributed by atoms with Crippen molar-refractivity contribution in [3.63, 3.8) is 0 Å². The highest BCUT2D eigenvalue weighted by Gasteiger charge is 2.19. The Morgan fingerprint density at radius 2 is 2.33 bits per heavy atom. The Balaban J connectivity index is 1.75. The Kier molecular flexibility index (Phi) is 6.20. The van der Waals surface area contributed by atoms with Gasteiger partial charge in [0.15, 0.2) is 0 Å². The van der Waals surface area contributed by atoms with Gasteiger partial charge >= 0.3 is 0 Å². The topological polar surface area (TPSA) is 70.2 Å². The zero-order valence-corrected chi connectivity index (χ0v) is 14.4. The second kappa shape index (κ2) is 7.91. The van der Waals surface area contributed by atoms with Crippen LogP contribution in [0.3, 0.4) is 0 Å². The number of carbonyl (C=O) groups excluding carboxylic acids is 2. The summed E-state index contributed by atoms with van der Waals surface area (Å²) in [6.07, 6.45) is 2.29. The molecule has 1 aliphatic heterocycles. The standard InChI is InChI=1S/C14H20BrN3O2S/c1-9(18-14(20)11-4-5-12(15)21-11)13(19)17-8-10-3-2-6-16-7-10/h4-5,9-10,16H,2-3,6-8H2,1H3,(H,17,19)(H,18,20). The van der Waals surface area contributed by atoms with E-state index in [1.807, 2.05) is 6.07 Å². The van der Waals surface area contributed by atoms with Crippen LogP contribution in [0.2, 0.25) is 0 Å². The normalized spacial score (nSPS) is 19.8. The van der Waals surface area contributed by atoms with Crippen LogP contribution in [-0.4, -0.2) is 37.5 Å². The first-order valence-corrected chi connectivity index (χ1v) is 8.72. The molecular weight excluding hydrogens is 354 g/mol. The third kappa shape index (κ3) is 5.09. The first kappa shape index (κ1) is 16.5. The third-order valence-corrected chi connectivity index (χ3v) is 5.12. The smallest absolute Gasteiger partial charge is 0.262 e. The maximum Gasteiger partial charge on any atom is 0.262 e. The fourth-order valence-electron chi connectivity index (χ4n) is 2.27. The molecule has 5 nitrogen and oxygen atoms in total. The quantitative estimate of drug-likeness (QED) is 0.736. The van der Waals surface area contributed by atoms with Crippen LogP contribution in [-0.2, 0) is 4.79 Å². The number of thiophene rings is 1. The van der Waals surface area contributed by atoms with Gasteiger partial charge in [-0.3, -0.25) is 9.59 Å². The molecule has 116 valence electrons. The van der Waals surface area contributed by atoms with Gasteiger partial charge in [0, 0.05) is 6.54 Å². The highest BCUT2D eigenvalue weighted by Crippen LogP contribution is 2.21. The Labute approximate surface area is 137 Å². The number of hydrogen-bond acceptors (Lipinski definition) is 4. The van der Waals surface area contributed by atoms with Gasteiger partial charge in [0.1, 0.15) is 6.04 Å². The highest BCUT2D eigenvalue weighted by atomic mass is 79.9. The minimum absolute atomic E-state index is 0.135. The number of carbonyl (C=O) groups is 2. The number of rotatable bonds is 5. The van der Waals surface area contributed by atoms with E-state index < -0.39 is 6.04 Å². The molecule has 2 heterocycles. The SMILES string of the molecule is CC(NC(=O)c1ccc(Br)s1)C(=O)NCC1CCCNC1. The zero-order valence-electron chi connectivity index (χ0n) is 11.9. The molecule has 0 radical (unpaired) electrons. The summed E-state index contributed by atoms with van der Waals surface area (Å²) < 4.78 is 0.898. The molecule has 0 spiro atoms. The second-order valence-corrected chi connectivity index (χ2v) is 7.72. The van der Waals surface area contributed by atoms with Gasteiger partial charge in [-0.2, -0.15) is 0 Å². The van der Waals surface area contributed by atoms with Crippen molar-refractivity contribution < 1.29 is 9.59 Å². The van der Waals surface area contributed by atoms with Crippen LogP contribution < -0.4 is 16.0 Å². The summed E-state index contributed by atoms with van der Waals surface area (Å²) in [6, 6.07) is 3.03. The minimum atomic E-state index is -0.532. The Bertz CT molecular complexity index is 500. The summed E-state index contributed by atoms with van der Waals surface area (Å²) in [4.78, 5) is 24.6. The summed E-state index contributed by atoms with van der Waals surface area (Å²) in [5, 5.41) is 8.95. The van der Waals surface area contributed by atoms with E-state index >= 15 is 0 Å². The summed E-state index contributed by atoms with van der Waals surface area (Å²) >= 11 is 4.67. The van der Waals surface area contributed by atoms with Crippen molar-refractivity contribution >= 4 is 39.1 Å². The molecule has 1 aromatic rings. The van der Waals surface area contributed by atoms with Gasteiger partial charge in [0.05, 0.1) is 8.66 Å². The number of piperidine rings is 1. The predicted molar refractivity (Wildman–Crippen MR) is 87.6 cm³/mol.